The Bertz CT molecular complexity index is 827. The Balaban J connectivity index is 2.16. The Labute approximate surface area is 169 Å². The third kappa shape index (κ3) is 5.88. The fourth-order valence-electron chi connectivity index (χ4n) is 2.56. The smallest absolute Gasteiger partial charge is 0.261 e. The van der Waals surface area contributed by atoms with E-state index in [2.05, 4.69) is 5.32 Å². The van der Waals surface area contributed by atoms with Gasteiger partial charge in [-0.25, -0.2) is 0 Å². The monoisotopic (exact) mass is 408 g/mol. The molecule has 2 aromatic rings. The lowest BCUT2D eigenvalue weighted by Crippen LogP contribution is -2.48. The molecule has 0 aromatic heterocycles. The van der Waals surface area contributed by atoms with E-state index >= 15 is 0 Å². The molecule has 0 unspecified atom stereocenters. The average Bonchev–Trinajstić information content (AvgIpc) is 2.65. The highest BCUT2D eigenvalue weighted by Crippen LogP contribution is 2.24. The van der Waals surface area contributed by atoms with Gasteiger partial charge in [0, 0.05) is 13.6 Å². The molecule has 0 aliphatic heterocycles. The van der Waals surface area contributed by atoms with Gasteiger partial charge >= 0.3 is 0 Å². The third-order valence-electron chi connectivity index (χ3n) is 4.10. The number of hydrogen-bond acceptors (Lipinski definition) is 3. The molecule has 7 heteroatoms. The summed E-state index contributed by atoms with van der Waals surface area (Å²) in [6, 6.07) is 11.9. The number of ether oxygens (including phenoxy) is 1. The van der Waals surface area contributed by atoms with Gasteiger partial charge in [-0.3, -0.25) is 9.59 Å². The van der Waals surface area contributed by atoms with E-state index in [1.807, 2.05) is 25.1 Å². The van der Waals surface area contributed by atoms with E-state index in [1.165, 1.54) is 11.9 Å². The first-order valence-corrected chi connectivity index (χ1v) is 9.22. The summed E-state index contributed by atoms with van der Waals surface area (Å²) in [5.74, 6) is 0.0306. The summed E-state index contributed by atoms with van der Waals surface area (Å²) in [5.41, 5.74) is 1.80. The first-order chi connectivity index (χ1) is 12.8. The normalized spacial score (nSPS) is 11.6. The molecule has 5 nitrogen and oxygen atoms in total. The molecule has 2 rings (SSSR count). The van der Waals surface area contributed by atoms with Crippen molar-refractivity contribution >= 4 is 35.0 Å². The number of carbonyl (C=O) groups is 2. The highest BCUT2D eigenvalue weighted by molar-refractivity contribution is 6.42. The van der Waals surface area contributed by atoms with Gasteiger partial charge in [-0.15, -0.1) is 0 Å². The number of halogens is 2. The van der Waals surface area contributed by atoms with Crippen molar-refractivity contribution in [3.8, 4) is 5.75 Å². The van der Waals surface area contributed by atoms with E-state index in [-0.39, 0.29) is 25.0 Å². The molecule has 0 aliphatic rings. The van der Waals surface area contributed by atoms with Gasteiger partial charge in [-0.1, -0.05) is 41.4 Å². The minimum absolute atomic E-state index is 0.174. The zero-order chi connectivity index (χ0) is 20.0. The molecule has 0 saturated heterocycles. The number of hydrogen-bond donors (Lipinski definition) is 1. The summed E-state index contributed by atoms with van der Waals surface area (Å²) in [5, 5.41) is 3.39. The maximum absolute atomic E-state index is 12.8. The van der Waals surface area contributed by atoms with E-state index in [0.29, 0.717) is 15.8 Å². The molecule has 2 amide bonds. The number of rotatable bonds is 7. The number of aryl methyl sites for hydroxylation is 1. The van der Waals surface area contributed by atoms with Gasteiger partial charge in [0.15, 0.2) is 6.61 Å². The molecule has 0 radical (unpaired) electrons. The minimum atomic E-state index is -0.668. The molecule has 0 spiro atoms. The number of nitrogens with one attached hydrogen (secondary N) is 1. The first-order valence-electron chi connectivity index (χ1n) is 8.46. The number of carbonyl (C=O) groups excluding carboxylic acids is 2. The SMILES string of the molecule is CNC(=O)[C@H](C)N(Cc1ccc(Cl)c(Cl)c1)C(=O)COc1cccc(C)c1. The Morgan fingerprint density at radius 1 is 1.15 bits per heavy atom. The average molecular weight is 409 g/mol. The van der Waals surface area contributed by atoms with E-state index in [0.717, 1.165) is 11.1 Å². The lowest BCUT2D eigenvalue weighted by Gasteiger charge is -2.28. The molecule has 0 heterocycles. The quantitative estimate of drug-likeness (QED) is 0.756. The van der Waals surface area contributed by atoms with Crippen LogP contribution in [-0.4, -0.2) is 36.4 Å². The van der Waals surface area contributed by atoms with Crippen molar-refractivity contribution in [2.75, 3.05) is 13.7 Å². The van der Waals surface area contributed by atoms with Crippen molar-refractivity contribution in [2.45, 2.75) is 26.4 Å². The summed E-state index contributed by atoms with van der Waals surface area (Å²) >= 11 is 12.0. The van der Waals surface area contributed by atoms with Crippen LogP contribution in [-0.2, 0) is 16.1 Å². The van der Waals surface area contributed by atoms with Crippen LogP contribution in [0.5, 0.6) is 5.75 Å². The molecule has 144 valence electrons. The largest absolute Gasteiger partial charge is 0.484 e. The van der Waals surface area contributed by atoms with Crippen LogP contribution in [0.1, 0.15) is 18.1 Å². The summed E-state index contributed by atoms with van der Waals surface area (Å²) in [7, 11) is 1.53. The summed E-state index contributed by atoms with van der Waals surface area (Å²) < 4.78 is 5.60. The van der Waals surface area contributed by atoms with E-state index < -0.39 is 6.04 Å². The predicted octanol–water partition coefficient (Wildman–Crippen LogP) is 3.84. The lowest BCUT2D eigenvalue weighted by molar-refractivity contribution is -0.142. The van der Waals surface area contributed by atoms with Crippen molar-refractivity contribution in [2.24, 2.45) is 0 Å². The number of nitrogens with zero attached hydrogens (tertiary/aromatic N) is 1. The number of likely N-dealkylation sites (N-methyl/N-ethyl adjacent to an activating group) is 1. The Hall–Kier alpha value is -2.24. The Morgan fingerprint density at radius 3 is 2.52 bits per heavy atom. The minimum Gasteiger partial charge on any atom is -0.484 e. The summed E-state index contributed by atoms with van der Waals surface area (Å²) in [6.07, 6.45) is 0. The molecule has 27 heavy (non-hydrogen) atoms. The van der Waals surface area contributed by atoms with Crippen LogP contribution in [0.3, 0.4) is 0 Å². The number of amides is 2. The second-order valence-electron chi connectivity index (χ2n) is 6.17. The van der Waals surface area contributed by atoms with Crippen molar-refractivity contribution in [3.05, 3.63) is 63.6 Å². The molecular formula is C20H22Cl2N2O3. The van der Waals surface area contributed by atoms with Gasteiger partial charge in [-0.05, 0) is 49.2 Å². The van der Waals surface area contributed by atoms with Gasteiger partial charge in [-0.2, -0.15) is 0 Å². The summed E-state index contributed by atoms with van der Waals surface area (Å²) in [4.78, 5) is 26.3. The van der Waals surface area contributed by atoms with E-state index in [9.17, 15) is 9.59 Å². The van der Waals surface area contributed by atoms with Gasteiger partial charge in [0.1, 0.15) is 11.8 Å². The molecule has 0 aliphatic carbocycles. The van der Waals surface area contributed by atoms with Crippen molar-refractivity contribution in [1.29, 1.82) is 0 Å². The van der Waals surface area contributed by atoms with Gasteiger partial charge in [0.2, 0.25) is 5.91 Å². The van der Waals surface area contributed by atoms with Crippen LogP contribution in [0.15, 0.2) is 42.5 Å². The van der Waals surface area contributed by atoms with Crippen molar-refractivity contribution in [3.63, 3.8) is 0 Å². The topological polar surface area (TPSA) is 58.6 Å². The van der Waals surface area contributed by atoms with Gasteiger partial charge in [0.05, 0.1) is 10.0 Å². The van der Waals surface area contributed by atoms with Gasteiger partial charge in [0.25, 0.3) is 5.91 Å². The van der Waals surface area contributed by atoms with Gasteiger partial charge < -0.3 is 15.0 Å². The van der Waals surface area contributed by atoms with E-state index in [1.54, 1.807) is 31.2 Å². The maximum atomic E-state index is 12.8. The van der Waals surface area contributed by atoms with Crippen LogP contribution in [0.25, 0.3) is 0 Å². The highest BCUT2D eigenvalue weighted by Gasteiger charge is 2.26. The maximum Gasteiger partial charge on any atom is 0.261 e. The zero-order valence-corrected chi connectivity index (χ0v) is 17.0. The van der Waals surface area contributed by atoms with Crippen LogP contribution in [0.2, 0.25) is 10.0 Å². The van der Waals surface area contributed by atoms with Crippen LogP contribution in [0.4, 0.5) is 0 Å². The number of benzene rings is 2. The fourth-order valence-corrected chi connectivity index (χ4v) is 2.88. The summed E-state index contributed by atoms with van der Waals surface area (Å²) in [6.45, 7) is 3.65. The predicted molar refractivity (Wildman–Crippen MR) is 107 cm³/mol. The molecular weight excluding hydrogens is 387 g/mol. The molecule has 0 fully saturated rings. The molecule has 1 atom stereocenters. The fraction of sp³-hybridized carbons (Fsp3) is 0.300. The van der Waals surface area contributed by atoms with Crippen LogP contribution >= 0.6 is 23.2 Å². The van der Waals surface area contributed by atoms with E-state index in [4.69, 9.17) is 27.9 Å². The second-order valence-corrected chi connectivity index (χ2v) is 6.98. The van der Waals surface area contributed by atoms with Crippen molar-refractivity contribution in [1.82, 2.24) is 10.2 Å². The molecule has 0 saturated carbocycles. The third-order valence-corrected chi connectivity index (χ3v) is 4.84. The van der Waals surface area contributed by atoms with Crippen LogP contribution < -0.4 is 10.1 Å². The molecule has 0 bridgehead atoms. The highest BCUT2D eigenvalue weighted by atomic mass is 35.5. The Morgan fingerprint density at radius 2 is 1.89 bits per heavy atom. The Kier molecular flexibility index (Phi) is 7.51. The lowest BCUT2D eigenvalue weighted by atomic mass is 10.1. The van der Waals surface area contributed by atoms with Crippen LogP contribution in [0, 0.1) is 6.92 Å². The second kappa shape index (κ2) is 9.62. The molecule has 1 N–H and O–H groups in total. The first kappa shape index (κ1) is 21.1. The molecule has 2 aromatic carbocycles. The van der Waals surface area contributed by atoms with Crippen molar-refractivity contribution < 1.29 is 14.3 Å². The standard InChI is InChI=1S/C20H22Cl2N2O3/c1-13-5-4-6-16(9-13)27-12-19(25)24(14(2)20(26)23-3)11-15-7-8-17(21)18(22)10-15/h4-10,14H,11-12H2,1-3H3,(H,23,26)/t14-/m0/s1. The zero-order valence-electron chi connectivity index (χ0n) is 15.5.